The molecule has 0 unspecified atom stereocenters. The normalized spacial score (nSPS) is 11.3. The van der Waals surface area contributed by atoms with Crippen molar-refractivity contribution < 1.29 is 0 Å². The average molecular weight is 333 g/mol. The van der Waals surface area contributed by atoms with Gasteiger partial charge in [-0.15, -0.1) is 10.2 Å². The fourth-order valence-corrected chi connectivity index (χ4v) is 3.05. The van der Waals surface area contributed by atoms with Crippen LogP contribution in [0, 0.1) is 0 Å². The second-order valence-corrected chi connectivity index (χ2v) is 6.04. The van der Waals surface area contributed by atoms with Crippen LogP contribution in [0.5, 0.6) is 0 Å². The molecule has 0 radical (unpaired) electrons. The molecular weight excluding hydrogens is 314 g/mol. The van der Waals surface area contributed by atoms with Gasteiger partial charge in [0.1, 0.15) is 0 Å². The molecule has 2 heterocycles. The first-order chi connectivity index (χ1) is 12.2. The predicted octanol–water partition coefficient (Wildman–Crippen LogP) is 2.76. The second-order valence-electron chi connectivity index (χ2n) is 6.04. The summed E-state index contributed by atoms with van der Waals surface area (Å²) >= 11 is 0. The average Bonchev–Trinajstić information content (AvgIpc) is 3.09. The summed E-state index contributed by atoms with van der Waals surface area (Å²) in [6.45, 7) is 2.66. The highest BCUT2D eigenvalue weighted by molar-refractivity contribution is 5.80. The van der Waals surface area contributed by atoms with Crippen LogP contribution in [-0.4, -0.2) is 19.2 Å². The van der Waals surface area contributed by atoms with Gasteiger partial charge < -0.3 is 5.32 Å². The van der Waals surface area contributed by atoms with Gasteiger partial charge in [0, 0.05) is 12.7 Å². The van der Waals surface area contributed by atoms with Crippen molar-refractivity contribution >= 4 is 22.4 Å². The zero-order chi connectivity index (χ0) is 17.4. The quantitative estimate of drug-likeness (QED) is 0.624. The Morgan fingerprint density at radius 1 is 1.04 bits per heavy atom. The lowest BCUT2D eigenvalue weighted by Crippen LogP contribution is -2.20. The van der Waals surface area contributed by atoms with Crippen molar-refractivity contribution in [2.75, 3.05) is 5.32 Å². The number of para-hydroxylation sites is 1. The number of fused-ring (bicyclic) bond motifs is 3. The minimum atomic E-state index is -0.0647. The Kier molecular flexibility index (Phi) is 3.72. The summed E-state index contributed by atoms with van der Waals surface area (Å²) in [5, 5.41) is 12.5. The number of nitrogens with one attached hydrogen (secondary N) is 1. The van der Waals surface area contributed by atoms with Gasteiger partial charge in [0.25, 0.3) is 5.56 Å². The minimum Gasteiger partial charge on any atom is -0.378 e. The van der Waals surface area contributed by atoms with E-state index in [1.165, 1.54) is 10.1 Å². The van der Waals surface area contributed by atoms with Crippen molar-refractivity contribution in [1.82, 2.24) is 19.2 Å². The van der Waals surface area contributed by atoms with Crippen LogP contribution in [0.4, 0.5) is 5.69 Å². The van der Waals surface area contributed by atoms with Gasteiger partial charge in [-0.3, -0.25) is 13.8 Å². The summed E-state index contributed by atoms with van der Waals surface area (Å²) in [6.07, 6.45) is 1.02. The Hall–Kier alpha value is -3.15. The lowest BCUT2D eigenvalue weighted by atomic mass is 10.1. The molecular formula is C19H19N5O. The monoisotopic (exact) mass is 333 g/mol. The van der Waals surface area contributed by atoms with Crippen LogP contribution >= 0.6 is 0 Å². The Bertz CT molecular complexity index is 1110. The van der Waals surface area contributed by atoms with Gasteiger partial charge in [-0.05, 0) is 36.2 Å². The molecule has 0 fully saturated rings. The highest BCUT2D eigenvalue weighted by Crippen LogP contribution is 2.15. The van der Waals surface area contributed by atoms with E-state index in [4.69, 9.17) is 0 Å². The molecule has 6 nitrogen and oxygen atoms in total. The van der Waals surface area contributed by atoms with Gasteiger partial charge in [0.05, 0.1) is 17.4 Å². The third kappa shape index (κ3) is 2.55. The maximum Gasteiger partial charge on any atom is 0.262 e. The summed E-state index contributed by atoms with van der Waals surface area (Å²) in [4.78, 5) is 12.5. The van der Waals surface area contributed by atoms with E-state index in [-0.39, 0.29) is 5.56 Å². The Morgan fingerprint density at radius 2 is 1.80 bits per heavy atom. The van der Waals surface area contributed by atoms with Crippen LogP contribution in [0.25, 0.3) is 16.7 Å². The molecule has 0 bridgehead atoms. The molecule has 0 aliphatic heterocycles. The van der Waals surface area contributed by atoms with Crippen LogP contribution in [-0.2, 0) is 20.0 Å². The Morgan fingerprint density at radius 3 is 2.56 bits per heavy atom. The van der Waals surface area contributed by atoms with E-state index in [0.717, 1.165) is 23.4 Å². The van der Waals surface area contributed by atoms with E-state index >= 15 is 0 Å². The van der Waals surface area contributed by atoms with Crippen molar-refractivity contribution in [3.05, 3.63) is 70.3 Å². The lowest BCUT2D eigenvalue weighted by molar-refractivity contribution is 0.855. The maximum atomic E-state index is 12.5. The summed E-state index contributed by atoms with van der Waals surface area (Å²) in [6, 6.07) is 15.9. The van der Waals surface area contributed by atoms with E-state index in [9.17, 15) is 4.79 Å². The number of hydrogen-bond acceptors (Lipinski definition) is 4. The van der Waals surface area contributed by atoms with Gasteiger partial charge in [-0.2, -0.15) is 0 Å². The molecule has 0 aliphatic carbocycles. The van der Waals surface area contributed by atoms with E-state index in [1.807, 2.05) is 28.7 Å². The number of rotatable bonds is 4. The molecule has 2 aromatic carbocycles. The van der Waals surface area contributed by atoms with Crippen molar-refractivity contribution in [2.24, 2.45) is 7.05 Å². The number of anilines is 1. The lowest BCUT2D eigenvalue weighted by Gasteiger charge is -2.09. The fourth-order valence-electron chi connectivity index (χ4n) is 3.05. The van der Waals surface area contributed by atoms with E-state index < -0.39 is 0 Å². The SMILES string of the molecule is CCc1ccc(NCc2nnc3n(C)c(=O)c4ccccc4n23)cc1. The van der Waals surface area contributed by atoms with Gasteiger partial charge in [0.15, 0.2) is 5.82 Å². The third-order valence-electron chi connectivity index (χ3n) is 4.51. The van der Waals surface area contributed by atoms with Crippen molar-refractivity contribution in [3.8, 4) is 0 Å². The predicted molar refractivity (Wildman–Crippen MR) is 98.9 cm³/mol. The number of aryl methyl sites for hydroxylation is 2. The molecule has 0 spiro atoms. The summed E-state index contributed by atoms with van der Waals surface area (Å²) in [5.74, 6) is 1.31. The van der Waals surface area contributed by atoms with Crippen LogP contribution in [0.2, 0.25) is 0 Å². The van der Waals surface area contributed by atoms with Crippen LogP contribution < -0.4 is 10.9 Å². The number of aromatic nitrogens is 4. The molecule has 6 heteroatoms. The van der Waals surface area contributed by atoms with Crippen LogP contribution in [0.3, 0.4) is 0 Å². The van der Waals surface area contributed by atoms with Crippen molar-refractivity contribution in [2.45, 2.75) is 19.9 Å². The maximum absolute atomic E-state index is 12.5. The standard InChI is InChI=1S/C19H19N5O/c1-3-13-8-10-14(11-9-13)20-12-17-21-22-19-23(2)18(25)15-6-4-5-7-16(15)24(17)19/h4-11,20H,3,12H2,1-2H3. The van der Waals surface area contributed by atoms with E-state index in [1.54, 1.807) is 7.05 Å². The topological polar surface area (TPSA) is 64.2 Å². The summed E-state index contributed by atoms with van der Waals surface area (Å²) < 4.78 is 3.47. The highest BCUT2D eigenvalue weighted by Gasteiger charge is 2.14. The molecule has 0 atom stereocenters. The summed E-state index contributed by atoms with van der Waals surface area (Å²) in [7, 11) is 1.72. The largest absolute Gasteiger partial charge is 0.378 e. The smallest absolute Gasteiger partial charge is 0.262 e. The molecule has 4 rings (SSSR count). The molecule has 0 saturated carbocycles. The summed E-state index contributed by atoms with van der Waals surface area (Å²) in [5.41, 5.74) is 3.09. The first kappa shape index (κ1) is 15.4. The molecule has 0 aliphatic rings. The van der Waals surface area contributed by atoms with Gasteiger partial charge in [-0.1, -0.05) is 31.2 Å². The Balaban J connectivity index is 1.76. The van der Waals surface area contributed by atoms with E-state index in [0.29, 0.717) is 17.7 Å². The van der Waals surface area contributed by atoms with E-state index in [2.05, 4.69) is 46.7 Å². The fraction of sp³-hybridized carbons (Fsp3) is 0.211. The van der Waals surface area contributed by atoms with Crippen LogP contribution in [0.15, 0.2) is 53.3 Å². The minimum absolute atomic E-state index is 0.0647. The first-order valence-corrected chi connectivity index (χ1v) is 8.33. The number of nitrogens with zero attached hydrogens (tertiary/aromatic N) is 4. The Labute approximate surface area is 144 Å². The molecule has 126 valence electrons. The first-order valence-electron chi connectivity index (χ1n) is 8.33. The second kappa shape index (κ2) is 6.05. The van der Waals surface area contributed by atoms with Gasteiger partial charge in [0.2, 0.25) is 5.78 Å². The van der Waals surface area contributed by atoms with Crippen molar-refractivity contribution in [3.63, 3.8) is 0 Å². The number of hydrogen-bond donors (Lipinski definition) is 1. The molecule has 0 amide bonds. The molecule has 4 aromatic rings. The highest BCUT2D eigenvalue weighted by atomic mass is 16.1. The van der Waals surface area contributed by atoms with Gasteiger partial charge in [-0.25, -0.2) is 0 Å². The molecule has 0 saturated heterocycles. The third-order valence-corrected chi connectivity index (χ3v) is 4.51. The molecule has 25 heavy (non-hydrogen) atoms. The molecule has 1 N–H and O–H groups in total. The van der Waals surface area contributed by atoms with Crippen LogP contribution in [0.1, 0.15) is 18.3 Å². The number of benzene rings is 2. The van der Waals surface area contributed by atoms with Gasteiger partial charge >= 0.3 is 0 Å². The van der Waals surface area contributed by atoms with Crippen molar-refractivity contribution in [1.29, 1.82) is 0 Å². The zero-order valence-electron chi connectivity index (χ0n) is 14.2. The zero-order valence-corrected chi connectivity index (χ0v) is 14.2. The molecule has 2 aromatic heterocycles.